The molecule has 2 nitrogen and oxygen atoms in total. The van der Waals surface area contributed by atoms with E-state index in [0.29, 0.717) is 30.2 Å². The molecule has 2 rings (SSSR count). The van der Waals surface area contributed by atoms with E-state index in [2.05, 4.69) is 6.92 Å². The summed E-state index contributed by atoms with van der Waals surface area (Å²) in [6.07, 6.45) is 2.63. The van der Waals surface area contributed by atoms with Gasteiger partial charge in [0.2, 0.25) is 0 Å². The average molecular weight is 271 g/mol. The summed E-state index contributed by atoms with van der Waals surface area (Å²) < 4.78 is 13.0. The van der Waals surface area contributed by atoms with Crippen molar-refractivity contribution in [3.05, 3.63) is 34.6 Å². The summed E-state index contributed by atoms with van der Waals surface area (Å²) in [5, 5.41) is 9.79. The van der Waals surface area contributed by atoms with Gasteiger partial charge in [-0.1, -0.05) is 24.6 Å². The minimum Gasteiger partial charge on any atom is -0.481 e. The Morgan fingerprint density at radius 3 is 2.83 bits per heavy atom. The number of hydrogen-bond acceptors (Lipinski definition) is 1. The molecule has 0 bridgehead atoms. The van der Waals surface area contributed by atoms with Gasteiger partial charge >= 0.3 is 5.97 Å². The van der Waals surface area contributed by atoms with Crippen LogP contribution in [-0.2, 0) is 11.2 Å². The van der Waals surface area contributed by atoms with Gasteiger partial charge < -0.3 is 5.11 Å². The Labute approximate surface area is 111 Å². The molecule has 0 amide bonds. The van der Waals surface area contributed by atoms with Crippen LogP contribution in [0, 0.1) is 17.2 Å². The van der Waals surface area contributed by atoms with E-state index in [1.807, 2.05) is 0 Å². The number of rotatable bonds is 3. The van der Waals surface area contributed by atoms with E-state index in [1.54, 1.807) is 6.07 Å². The molecular weight excluding hydrogens is 255 g/mol. The van der Waals surface area contributed by atoms with Crippen LogP contribution in [-0.4, -0.2) is 11.1 Å². The first-order valence-corrected chi connectivity index (χ1v) is 6.48. The number of carboxylic acid groups (broad SMARTS) is 1. The Morgan fingerprint density at radius 1 is 1.61 bits per heavy atom. The van der Waals surface area contributed by atoms with Crippen molar-refractivity contribution in [2.45, 2.75) is 32.6 Å². The number of carbonyl (C=O) groups is 1. The zero-order valence-corrected chi connectivity index (χ0v) is 11.0. The van der Waals surface area contributed by atoms with Crippen LogP contribution in [0.2, 0.25) is 5.02 Å². The van der Waals surface area contributed by atoms with Crippen LogP contribution < -0.4 is 0 Å². The first kappa shape index (κ1) is 13.3. The Kier molecular flexibility index (Phi) is 3.62. The fourth-order valence-corrected chi connectivity index (χ4v) is 3.09. The Bertz CT molecular complexity index is 475. The second-order valence-electron chi connectivity index (χ2n) is 5.35. The maximum Gasteiger partial charge on any atom is 0.309 e. The number of hydrogen-bond donors (Lipinski definition) is 1. The minimum atomic E-state index is -0.771. The number of benzene rings is 1. The van der Waals surface area contributed by atoms with Crippen LogP contribution in [0.1, 0.15) is 31.7 Å². The minimum absolute atomic E-state index is 0.315. The Hall–Kier alpha value is -1.09. The summed E-state index contributed by atoms with van der Waals surface area (Å²) in [6.45, 7) is 2.07. The van der Waals surface area contributed by atoms with Crippen molar-refractivity contribution in [2.24, 2.45) is 11.3 Å². The number of aliphatic carboxylic acids is 1. The molecule has 1 aromatic carbocycles. The van der Waals surface area contributed by atoms with Crippen LogP contribution in [0.25, 0.3) is 0 Å². The molecule has 18 heavy (non-hydrogen) atoms. The molecule has 98 valence electrons. The molecule has 4 heteroatoms. The lowest BCUT2D eigenvalue weighted by Crippen LogP contribution is -2.30. The van der Waals surface area contributed by atoms with Crippen molar-refractivity contribution in [1.29, 1.82) is 0 Å². The summed E-state index contributed by atoms with van der Waals surface area (Å²) in [4.78, 5) is 11.5. The van der Waals surface area contributed by atoms with Gasteiger partial charge in [-0.15, -0.1) is 0 Å². The highest BCUT2D eigenvalue weighted by Crippen LogP contribution is 2.45. The monoisotopic (exact) mass is 270 g/mol. The van der Waals surface area contributed by atoms with E-state index in [1.165, 1.54) is 12.1 Å². The van der Waals surface area contributed by atoms with Crippen molar-refractivity contribution in [3.63, 3.8) is 0 Å². The quantitative estimate of drug-likeness (QED) is 0.904. The lowest BCUT2D eigenvalue weighted by Gasteiger charge is -2.24. The predicted molar refractivity (Wildman–Crippen MR) is 68.2 cm³/mol. The molecule has 1 aliphatic rings. The number of carboxylic acids is 1. The first-order valence-electron chi connectivity index (χ1n) is 6.10. The molecule has 0 radical (unpaired) electrons. The van der Waals surface area contributed by atoms with Crippen LogP contribution in [0.3, 0.4) is 0 Å². The highest BCUT2D eigenvalue weighted by Gasteiger charge is 2.44. The zero-order valence-electron chi connectivity index (χ0n) is 10.2. The molecule has 0 saturated heterocycles. The summed E-state index contributed by atoms with van der Waals surface area (Å²) >= 11 is 5.98. The Balaban J connectivity index is 2.27. The molecule has 1 N–H and O–H groups in total. The zero-order chi connectivity index (χ0) is 13.3. The first-order chi connectivity index (χ1) is 8.43. The molecule has 1 aromatic rings. The van der Waals surface area contributed by atoms with Gasteiger partial charge in [0, 0.05) is 5.02 Å². The van der Waals surface area contributed by atoms with Gasteiger partial charge in [0.05, 0.1) is 5.41 Å². The summed E-state index contributed by atoms with van der Waals surface area (Å²) in [6, 6.07) is 4.16. The van der Waals surface area contributed by atoms with Crippen molar-refractivity contribution in [1.82, 2.24) is 0 Å². The molecule has 2 unspecified atom stereocenters. The molecule has 0 heterocycles. The van der Waals surface area contributed by atoms with Crippen LogP contribution >= 0.6 is 11.6 Å². The predicted octanol–water partition coefficient (Wildman–Crippen LogP) is 3.91. The lowest BCUT2D eigenvalue weighted by molar-refractivity contribution is -0.148. The van der Waals surface area contributed by atoms with Gasteiger partial charge in [0.15, 0.2) is 0 Å². The van der Waals surface area contributed by atoms with Crippen molar-refractivity contribution < 1.29 is 14.3 Å². The van der Waals surface area contributed by atoms with E-state index in [0.717, 1.165) is 12.0 Å². The van der Waals surface area contributed by atoms with E-state index < -0.39 is 17.2 Å². The number of halogens is 2. The second-order valence-corrected chi connectivity index (χ2v) is 5.75. The van der Waals surface area contributed by atoms with E-state index in [9.17, 15) is 14.3 Å². The summed E-state index contributed by atoms with van der Waals surface area (Å²) in [7, 11) is 0. The lowest BCUT2D eigenvalue weighted by atomic mass is 9.79. The van der Waals surface area contributed by atoms with Gasteiger partial charge in [0.1, 0.15) is 5.82 Å². The van der Waals surface area contributed by atoms with Gasteiger partial charge in [-0.05, 0) is 49.3 Å². The van der Waals surface area contributed by atoms with Crippen LogP contribution in [0.15, 0.2) is 18.2 Å². The van der Waals surface area contributed by atoms with Crippen molar-refractivity contribution in [2.75, 3.05) is 0 Å². The maximum atomic E-state index is 13.0. The largest absolute Gasteiger partial charge is 0.481 e. The maximum absolute atomic E-state index is 13.0. The average Bonchev–Trinajstić information content (AvgIpc) is 2.66. The standard InChI is InChI=1S/C14H16ClFO2/c1-9-4-5-14(7-9,13(17)18)8-10-2-3-11(16)6-12(10)15/h2-3,6,9H,4-5,7-8H2,1H3,(H,17,18). The summed E-state index contributed by atoms with van der Waals surface area (Å²) in [5.41, 5.74) is -0.0180. The second kappa shape index (κ2) is 4.88. The SMILES string of the molecule is CC1CCC(Cc2ccc(F)cc2Cl)(C(=O)O)C1. The Morgan fingerprint density at radius 2 is 2.33 bits per heavy atom. The fourth-order valence-electron chi connectivity index (χ4n) is 2.85. The van der Waals surface area contributed by atoms with Crippen LogP contribution in [0.5, 0.6) is 0 Å². The van der Waals surface area contributed by atoms with E-state index in [4.69, 9.17) is 11.6 Å². The van der Waals surface area contributed by atoms with E-state index >= 15 is 0 Å². The molecule has 1 saturated carbocycles. The van der Waals surface area contributed by atoms with Crippen molar-refractivity contribution in [3.8, 4) is 0 Å². The highest BCUT2D eigenvalue weighted by atomic mass is 35.5. The van der Waals surface area contributed by atoms with Gasteiger partial charge in [-0.25, -0.2) is 4.39 Å². The third kappa shape index (κ3) is 2.51. The molecular formula is C14H16ClFO2. The third-order valence-corrected chi connectivity index (χ3v) is 4.20. The highest BCUT2D eigenvalue weighted by molar-refractivity contribution is 6.31. The summed E-state index contributed by atoms with van der Waals surface area (Å²) in [5.74, 6) is -0.750. The van der Waals surface area contributed by atoms with Gasteiger partial charge in [0.25, 0.3) is 0 Å². The van der Waals surface area contributed by atoms with Gasteiger partial charge in [-0.3, -0.25) is 4.79 Å². The van der Waals surface area contributed by atoms with Crippen molar-refractivity contribution >= 4 is 17.6 Å². The molecule has 0 aromatic heterocycles. The van der Waals surface area contributed by atoms with E-state index in [-0.39, 0.29) is 0 Å². The molecule has 0 spiro atoms. The molecule has 1 fully saturated rings. The molecule has 0 aliphatic heterocycles. The fraction of sp³-hybridized carbons (Fsp3) is 0.500. The normalized spacial score (nSPS) is 27.4. The third-order valence-electron chi connectivity index (χ3n) is 3.85. The molecule has 2 atom stereocenters. The van der Waals surface area contributed by atoms with Crippen LogP contribution in [0.4, 0.5) is 4.39 Å². The molecule has 1 aliphatic carbocycles. The topological polar surface area (TPSA) is 37.3 Å². The van der Waals surface area contributed by atoms with Gasteiger partial charge in [-0.2, -0.15) is 0 Å². The smallest absolute Gasteiger partial charge is 0.309 e.